The Labute approximate surface area is 51.9 Å². The summed E-state index contributed by atoms with van der Waals surface area (Å²) in [6.45, 7) is 9.77. The fourth-order valence-corrected chi connectivity index (χ4v) is 0.404. The van der Waals surface area contributed by atoms with Gasteiger partial charge < -0.3 is 0 Å². The fourth-order valence-electron chi connectivity index (χ4n) is 0.404. The van der Waals surface area contributed by atoms with E-state index in [0.29, 0.717) is 5.92 Å². The van der Waals surface area contributed by atoms with E-state index in [-0.39, 0.29) is 0 Å². The molecule has 0 bridgehead atoms. The van der Waals surface area contributed by atoms with Gasteiger partial charge in [0.2, 0.25) is 0 Å². The Morgan fingerprint density at radius 2 is 2.25 bits per heavy atom. The van der Waals surface area contributed by atoms with Gasteiger partial charge >= 0.3 is 0 Å². The Kier molecular flexibility index (Phi) is 3.25. The molecule has 45 valence electrons. The molecule has 0 saturated heterocycles. The molecule has 0 aromatic carbocycles. The van der Waals surface area contributed by atoms with E-state index in [4.69, 9.17) is 0 Å². The highest BCUT2D eigenvalue weighted by Gasteiger charge is 1.94. The van der Waals surface area contributed by atoms with E-state index in [1.54, 1.807) is 0 Å². The minimum absolute atomic E-state index is 0.486. The molecular formula is C8H13. The van der Waals surface area contributed by atoms with Crippen molar-refractivity contribution >= 4 is 0 Å². The molecule has 0 heterocycles. The maximum atomic E-state index is 3.67. The second-order valence-electron chi connectivity index (χ2n) is 1.96. The van der Waals surface area contributed by atoms with Crippen molar-refractivity contribution in [2.75, 3.05) is 0 Å². The number of hydrogen-bond donors (Lipinski definition) is 0. The summed E-state index contributed by atoms with van der Waals surface area (Å²) in [7, 11) is 0. The average molecular weight is 109 g/mol. The van der Waals surface area contributed by atoms with Crippen LogP contribution in [-0.2, 0) is 0 Å². The average Bonchev–Trinajstić information content (AvgIpc) is 1.84. The van der Waals surface area contributed by atoms with Crippen LogP contribution < -0.4 is 0 Å². The molecule has 0 amide bonds. The van der Waals surface area contributed by atoms with Crippen molar-refractivity contribution < 1.29 is 0 Å². The van der Waals surface area contributed by atoms with E-state index >= 15 is 0 Å². The van der Waals surface area contributed by atoms with Gasteiger partial charge in [-0.3, -0.25) is 0 Å². The van der Waals surface area contributed by atoms with Crippen LogP contribution in [0.5, 0.6) is 0 Å². The summed E-state index contributed by atoms with van der Waals surface area (Å²) >= 11 is 0. The van der Waals surface area contributed by atoms with Crippen LogP contribution in [0.25, 0.3) is 0 Å². The number of rotatable bonds is 2. The summed E-state index contributed by atoms with van der Waals surface area (Å²) in [6.07, 6.45) is 4.98. The maximum absolute atomic E-state index is 3.67. The third-order valence-corrected chi connectivity index (χ3v) is 1.43. The molecule has 0 aliphatic carbocycles. The van der Waals surface area contributed by atoms with Crippen LogP contribution in [0.15, 0.2) is 18.2 Å². The van der Waals surface area contributed by atoms with E-state index < -0.39 is 0 Å². The first-order valence-electron chi connectivity index (χ1n) is 2.86. The first kappa shape index (κ1) is 7.48. The van der Waals surface area contributed by atoms with Crippen molar-refractivity contribution in [3.63, 3.8) is 0 Å². The van der Waals surface area contributed by atoms with Crippen molar-refractivity contribution in [1.82, 2.24) is 0 Å². The molecule has 0 heteroatoms. The Morgan fingerprint density at radius 1 is 1.75 bits per heavy atom. The molecule has 1 atom stereocenters. The van der Waals surface area contributed by atoms with Gasteiger partial charge in [0.05, 0.1) is 0 Å². The van der Waals surface area contributed by atoms with Crippen LogP contribution in [0.2, 0.25) is 0 Å². The van der Waals surface area contributed by atoms with Gasteiger partial charge in [-0.1, -0.05) is 18.6 Å². The van der Waals surface area contributed by atoms with Gasteiger partial charge in [0.25, 0.3) is 0 Å². The lowest BCUT2D eigenvalue weighted by Crippen LogP contribution is -1.88. The lowest BCUT2D eigenvalue weighted by Gasteiger charge is -2.02. The number of hydrogen-bond acceptors (Lipinski definition) is 0. The zero-order chi connectivity index (χ0) is 6.57. The molecule has 0 aliphatic heterocycles. The van der Waals surface area contributed by atoms with Crippen LogP contribution in [0.4, 0.5) is 0 Å². The first-order chi connectivity index (χ1) is 3.72. The molecule has 0 aromatic rings. The van der Waals surface area contributed by atoms with Gasteiger partial charge in [0, 0.05) is 0 Å². The van der Waals surface area contributed by atoms with E-state index in [0.717, 1.165) is 0 Å². The molecule has 0 N–H and O–H groups in total. The fraction of sp³-hybridized carbons (Fsp3) is 0.500. The zero-order valence-electron chi connectivity index (χ0n) is 5.86. The van der Waals surface area contributed by atoms with Gasteiger partial charge in [-0.2, -0.15) is 0 Å². The smallest absolute Gasteiger partial charge is 0.00513 e. The molecule has 0 fully saturated rings. The van der Waals surface area contributed by atoms with Crippen molar-refractivity contribution in [1.29, 1.82) is 0 Å². The largest absolute Gasteiger partial charge is 0.102 e. The lowest BCUT2D eigenvalue weighted by atomic mass is 10.0. The molecule has 0 aromatic heterocycles. The summed E-state index contributed by atoms with van der Waals surface area (Å²) < 4.78 is 0. The molecular weight excluding hydrogens is 96.1 g/mol. The Balaban J connectivity index is 3.81. The van der Waals surface area contributed by atoms with Gasteiger partial charge in [0.15, 0.2) is 0 Å². The Bertz CT molecular complexity index is 98.6. The molecule has 0 saturated carbocycles. The second kappa shape index (κ2) is 3.48. The maximum Gasteiger partial charge on any atom is -0.00513 e. The Morgan fingerprint density at radius 3 is 2.38 bits per heavy atom. The summed E-state index contributed by atoms with van der Waals surface area (Å²) in [5, 5.41) is 0. The van der Waals surface area contributed by atoms with E-state index in [9.17, 15) is 0 Å². The van der Waals surface area contributed by atoms with E-state index in [2.05, 4.69) is 26.5 Å². The normalized spacial score (nSPS) is 15.6. The summed E-state index contributed by atoms with van der Waals surface area (Å²) in [5.74, 6) is 0.486. The lowest BCUT2D eigenvalue weighted by molar-refractivity contribution is 0.857. The van der Waals surface area contributed by atoms with Crippen LogP contribution in [0.1, 0.15) is 20.8 Å². The van der Waals surface area contributed by atoms with Gasteiger partial charge in [-0.15, -0.1) is 6.58 Å². The SMILES string of the molecule is C=CC(C)/C(C)=[C]/C. The highest BCUT2D eigenvalue weighted by atomic mass is 14.0. The Hall–Kier alpha value is -0.520. The first-order valence-corrected chi connectivity index (χ1v) is 2.86. The quantitative estimate of drug-likeness (QED) is 0.478. The van der Waals surface area contributed by atoms with Crippen LogP contribution >= 0.6 is 0 Å². The van der Waals surface area contributed by atoms with Crippen molar-refractivity contribution in [2.45, 2.75) is 20.8 Å². The predicted molar refractivity (Wildman–Crippen MR) is 37.5 cm³/mol. The number of allylic oxidation sites excluding steroid dienone is 3. The van der Waals surface area contributed by atoms with Crippen LogP contribution in [-0.4, -0.2) is 0 Å². The summed E-state index contributed by atoms with van der Waals surface area (Å²) in [4.78, 5) is 0. The van der Waals surface area contributed by atoms with Crippen molar-refractivity contribution in [2.24, 2.45) is 5.92 Å². The third-order valence-electron chi connectivity index (χ3n) is 1.43. The molecule has 1 radical (unpaired) electrons. The third kappa shape index (κ3) is 1.97. The molecule has 8 heavy (non-hydrogen) atoms. The zero-order valence-corrected chi connectivity index (χ0v) is 5.86. The highest BCUT2D eigenvalue weighted by molar-refractivity contribution is 5.02. The summed E-state index contributed by atoms with van der Waals surface area (Å²) in [6, 6.07) is 0. The van der Waals surface area contributed by atoms with Crippen molar-refractivity contribution in [3.8, 4) is 0 Å². The van der Waals surface area contributed by atoms with Crippen molar-refractivity contribution in [3.05, 3.63) is 24.3 Å². The second-order valence-corrected chi connectivity index (χ2v) is 1.96. The predicted octanol–water partition coefficient (Wildman–Crippen LogP) is 2.58. The topological polar surface area (TPSA) is 0 Å². The molecule has 0 spiro atoms. The molecule has 0 rings (SSSR count). The monoisotopic (exact) mass is 109 g/mol. The van der Waals surface area contributed by atoms with Gasteiger partial charge in [0.1, 0.15) is 0 Å². The molecule has 0 aliphatic rings. The van der Waals surface area contributed by atoms with Crippen LogP contribution in [0.3, 0.4) is 0 Å². The standard InChI is InChI=1S/C8H13/c1-5-7(3)8(4)6-2/h5,7H,1H2,2-4H3. The molecule has 0 nitrogen and oxygen atoms in total. The minimum atomic E-state index is 0.486. The minimum Gasteiger partial charge on any atom is -0.102 e. The van der Waals surface area contributed by atoms with Gasteiger partial charge in [-0.05, 0) is 25.8 Å². The van der Waals surface area contributed by atoms with Gasteiger partial charge in [-0.25, -0.2) is 0 Å². The highest BCUT2D eigenvalue weighted by Crippen LogP contribution is 2.07. The summed E-state index contributed by atoms with van der Waals surface area (Å²) in [5.41, 5.74) is 1.26. The van der Waals surface area contributed by atoms with Crippen LogP contribution in [0, 0.1) is 12.0 Å². The van der Waals surface area contributed by atoms with E-state index in [1.807, 2.05) is 13.0 Å². The van der Waals surface area contributed by atoms with E-state index in [1.165, 1.54) is 5.57 Å². The molecule has 1 unspecified atom stereocenters.